The summed E-state index contributed by atoms with van der Waals surface area (Å²) in [5.41, 5.74) is 5.61. The van der Waals surface area contributed by atoms with E-state index in [1.165, 1.54) is 6.20 Å². The predicted octanol–water partition coefficient (Wildman–Crippen LogP) is 4.52. The average Bonchev–Trinajstić information content (AvgIpc) is 2.81. The summed E-state index contributed by atoms with van der Waals surface area (Å²) in [5.74, 6) is 1.08. The van der Waals surface area contributed by atoms with Crippen LogP contribution in [0, 0.1) is 0 Å². The van der Waals surface area contributed by atoms with Gasteiger partial charge in [-0.3, -0.25) is 0 Å². The van der Waals surface area contributed by atoms with Crippen molar-refractivity contribution in [2.45, 2.75) is 58.3 Å². The van der Waals surface area contributed by atoms with Gasteiger partial charge in [-0.25, -0.2) is 9.97 Å². The molecular weight excluding hydrogens is 485 g/mol. The van der Waals surface area contributed by atoms with Gasteiger partial charge in [-0.2, -0.15) is 18.2 Å². The Balaban J connectivity index is 1.67. The fourth-order valence-electron chi connectivity index (χ4n) is 5.28. The Morgan fingerprint density at radius 1 is 0.865 bits per heavy atom. The first kappa shape index (κ1) is 25.5. The topological polar surface area (TPSA) is 89.6 Å². The molecule has 2 saturated heterocycles. The van der Waals surface area contributed by atoms with E-state index < -0.39 is 11.7 Å². The number of alkyl halides is 3. The fourth-order valence-corrected chi connectivity index (χ4v) is 5.28. The van der Waals surface area contributed by atoms with Gasteiger partial charge in [0.05, 0.1) is 35.5 Å². The molecular formula is C26H31F3N6O2. The third-order valence-electron chi connectivity index (χ3n) is 6.63. The van der Waals surface area contributed by atoms with Crippen LogP contribution in [0.15, 0.2) is 30.5 Å². The molecule has 0 aliphatic carbocycles. The van der Waals surface area contributed by atoms with E-state index in [4.69, 9.17) is 25.2 Å². The molecule has 37 heavy (non-hydrogen) atoms. The van der Waals surface area contributed by atoms with Crippen molar-refractivity contribution in [2.75, 3.05) is 41.7 Å². The smallest absolute Gasteiger partial charge is 0.384 e. The highest BCUT2D eigenvalue weighted by molar-refractivity contribution is 5.94. The third-order valence-corrected chi connectivity index (χ3v) is 6.63. The Morgan fingerprint density at radius 3 is 2.05 bits per heavy atom. The zero-order valence-corrected chi connectivity index (χ0v) is 21.3. The maximum atomic E-state index is 13.8. The number of nitrogen functional groups attached to an aromatic ring is 1. The number of anilines is 3. The zero-order chi connectivity index (χ0) is 26.5. The number of nitrogens with zero attached hydrogens (tertiary/aromatic N) is 5. The summed E-state index contributed by atoms with van der Waals surface area (Å²) in [6.07, 6.45) is -3.40. The van der Waals surface area contributed by atoms with E-state index in [1.54, 1.807) is 18.2 Å². The minimum Gasteiger partial charge on any atom is -0.384 e. The highest BCUT2D eigenvalue weighted by Crippen LogP contribution is 2.39. The molecule has 4 heterocycles. The number of benzene rings is 1. The van der Waals surface area contributed by atoms with Crippen LogP contribution in [-0.2, 0) is 15.7 Å². The second kappa shape index (κ2) is 9.60. The second-order valence-corrected chi connectivity index (χ2v) is 10.1. The molecule has 3 aromatic rings. The number of hydrogen-bond acceptors (Lipinski definition) is 8. The lowest BCUT2D eigenvalue weighted by molar-refractivity contribution is -0.137. The molecule has 2 aromatic heterocycles. The number of aromatic nitrogens is 3. The summed E-state index contributed by atoms with van der Waals surface area (Å²) in [4.78, 5) is 18.0. The van der Waals surface area contributed by atoms with Gasteiger partial charge in [0, 0.05) is 43.3 Å². The van der Waals surface area contributed by atoms with Gasteiger partial charge in [-0.15, -0.1) is 0 Å². The van der Waals surface area contributed by atoms with Crippen molar-refractivity contribution < 1.29 is 22.6 Å². The first-order chi connectivity index (χ1) is 17.5. The number of nitrogens with two attached hydrogens (primary N) is 1. The van der Waals surface area contributed by atoms with E-state index in [1.807, 2.05) is 27.7 Å². The summed E-state index contributed by atoms with van der Waals surface area (Å²) in [6, 6.07) is 5.98. The Hall–Kier alpha value is -3.18. The Labute approximate surface area is 213 Å². The molecule has 8 nitrogen and oxygen atoms in total. The number of pyridine rings is 1. The van der Waals surface area contributed by atoms with E-state index >= 15 is 0 Å². The highest BCUT2D eigenvalue weighted by atomic mass is 19.4. The highest BCUT2D eigenvalue weighted by Gasteiger charge is 2.35. The van der Waals surface area contributed by atoms with Gasteiger partial charge in [-0.1, -0.05) is 6.07 Å². The van der Waals surface area contributed by atoms with E-state index in [-0.39, 0.29) is 35.8 Å². The van der Waals surface area contributed by atoms with Crippen molar-refractivity contribution >= 4 is 28.5 Å². The van der Waals surface area contributed by atoms with Crippen LogP contribution < -0.4 is 15.5 Å². The molecule has 5 rings (SSSR count). The number of fused-ring (bicyclic) bond motifs is 1. The molecule has 2 aliphatic rings. The summed E-state index contributed by atoms with van der Waals surface area (Å²) in [7, 11) is 0. The lowest BCUT2D eigenvalue weighted by Gasteiger charge is -2.38. The minimum atomic E-state index is -4.58. The number of rotatable bonds is 3. The average molecular weight is 517 g/mol. The van der Waals surface area contributed by atoms with Crippen molar-refractivity contribution in [1.82, 2.24) is 15.0 Å². The van der Waals surface area contributed by atoms with Gasteiger partial charge in [0.1, 0.15) is 11.6 Å². The molecule has 11 heteroatoms. The van der Waals surface area contributed by atoms with Crippen molar-refractivity contribution in [3.05, 3.63) is 36.0 Å². The summed E-state index contributed by atoms with van der Waals surface area (Å²) in [6.45, 7) is 10.6. The van der Waals surface area contributed by atoms with Gasteiger partial charge in [0.2, 0.25) is 5.95 Å². The van der Waals surface area contributed by atoms with E-state index in [0.717, 1.165) is 17.3 Å². The fraction of sp³-hybridized carbons (Fsp3) is 0.500. The second-order valence-electron chi connectivity index (χ2n) is 10.1. The minimum absolute atomic E-state index is 0.00328. The van der Waals surface area contributed by atoms with E-state index in [0.29, 0.717) is 43.2 Å². The molecule has 2 N–H and O–H groups in total. The summed E-state index contributed by atoms with van der Waals surface area (Å²) < 4.78 is 53.3. The standard InChI is InChI=1S/C26H31F3N6O2/c1-14-10-34(11-15(2)36-14)24-19-6-5-18(20-9-31-23(30)8-21(20)26(27,28)29)7-22(19)32-25(33-24)35-12-16(3)37-17(4)13-35/h5-9,14-17H,10-13H2,1-4H3,(H2,30,31)/t14-,15+,16-,17+. The predicted molar refractivity (Wildman–Crippen MR) is 137 cm³/mol. The number of morpholine rings is 2. The summed E-state index contributed by atoms with van der Waals surface area (Å²) in [5, 5.41) is 0.764. The van der Waals surface area contributed by atoms with Crippen LogP contribution in [0.3, 0.4) is 0 Å². The lowest BCUT2D eigenvalue weighted by Crippen LogP contribution is -2.47. The molecule has 0 radical (unpaired) electrons. The molecule has 0 amide bonds. The van der Waals surface area contributed by atoms with Crippen molar-refractivity contribution in [1.29, 1.82) is 0 Å². The Kier molecular flexibility index (Phi) is 6.61. The third kappa shape index (κ3) is 5.28. The van der Waals surface area contributed by atoms with Gasteiger partial charge in [-0.05, 0) is 51.5 Å². The number of ether oxygens (including phenoxy) is 2. The largest absolute Gasteiger partial charge is 0.417 e. The lowest BCUT2D eigenvalue weighted by atomic mass is 10.00. The van der Waals surface area contributed by atoms with Crippen molar-refractivity contribution in [3.8, 4) is 11.1 Å². The SMILES string of the molecule is C[C@@H]1CN(c2nc(N3C[C@@H](C)O[C@@H](C)C3)c3ccc(-c4cnc(N)cc4C(F)(F)F)cc3n2)C[C@H](C)O1. The Bertz CT molecular complexity index is 1280. The maximum absolute atomic E-state index is 13.8. The van der Waals surface area contributed by atoms with Crippen LogP contribution >= 0.6 is 0 Å². The first-order valence-corrected chi connectivity index (χ1v) is 12.4. The van der Waals surface area contributed by atoms with Gasteiger partial charge in [0.25, 0.3) is 0 Å². The number of halogens is 3. The summed E-state index contributed by atoms with van der Waals surface area (Å²) >= 11 is 0. The van der Waals surface area contributed by atoms with E-state index in [9.17, 15) is 13.2 Å². The molecule has 0 bridgehead atoms. The number of hydrogen-bond donors (Lipinski definition) is 1. The molecule has 0 saturated carbocycles. The van der Waals surface area contributed by atoms with Crippen LogP contribution in [0.5, 0.6) is 0 Å². The van der Waals surface area contributed by atoms with Crippen LogP contribution in [0.1, 0.15) is 33.3 Å². The van der Waals surface area contributed by atoms with Crippen molar-refractivity contribution in [3.63, 3.8) is 0 Å². The molecule has 1 aromatic carbocycles. The van der Waals surface area contributed by atoms with Crippen LogP contribution in [0.4, 0.5) is 30.8 Å². The normalized spacial score (nSPS) is 25.1. The van der Waals surface area contributed by atoms with Crippen LogP contribution in [0.2, 0.25) is 0 Å². The molecule has 2 fully saturated rings. The molecule has 0 unspecified atom stereocenters. The quantitative estimate of drug-likeness (QED) is 0.544. The molecule has 198 valence electrons. The van der Waals surface area contributed by atoms with Gasteiger partial charge >= 0.3 is 6.18 Å². The Morgan fingerprint density at radius 2 is 1.46 bits per heavy atom. The monoisotopic (exact) mass is 516 g/mol. The zero-order valence-electron chi connectivity index (χ0n) is 21.3. The van der Waals surface area contributed by atoms with Crippen molar-refractivity contribution in [2.24, 2.45) is 0 Å². The van der Waals surface area contributed by atoms with Crippen LogP contribution in [-0.4, -0.2) is 65.5 Å². The molecule has 0 spiro atoms. The maximum Gasteiger partial charge on any atom is 0.417 e. The first-order valence-electron chi connectivity index (χ1n) is 12.4. The van der Waals surface area contributed by atoms with Gasteiger partial charge in [0.15, 0.2) is 0 Å². The van der Waals surface area contributed by atoms with Gasteiger partial charge < -0.3 is 25.0 Å². The molecule has 4 atom stereocenters. The van der Waals surface area contributed by atoms with E-state index in [2.05, 4.69) is 14.8 Å². The molecule has 2 aliphatic heterocycles. The van der Waals surface area contributed by atoms with Crippen LogP contribution in [0.25, 0.3) is 22.0 Å².